The van der Waals surface area contributed by atoms with E-state index >= 15 is 0 Å². The first kappa shape index (κ1) is 11.2. The van der Waals surface area contributed by atoms with Gasteiger partial charge in [-0.15, -0.1) is 4.41 Å². The highest BCUT2D eigenvalue weighted by Crippen LogP contribution is 2.19. The lowest BCUT2D eigenvalue weighted by Gasteiger charge is -2.12. The van der Waals surface area contributed by atoms with E-state index in [4.69, 9.17) is 15.8 Å². The van der Waals surface area contributed by atoms with Crippen molar-refractivity contribution in [3.63, 3.8) is 0 Å². The van der Waals surface area contributed by atoms with Gasteiger partial charge in [-0.3, -0.25) is 10.2 Å². The zero-order valence-corrected chi connectivity index (χ0v) is 9.01. The molecule has 0 unspecified atom stereocenters. The van der Waals surface area contributed by atoms with Crippen LogP contribution in [0.25, 0.3) is 0 Å². The summed E-state index contributed by atoms with van der Waals surface area (Å²) in [7, 11) is 1.66. The van der Waals surface area contributed by atoms with Crippen LogP contribution in [0.15, 0.2) is 24.3 Å². The molecule has 1 aromatic carbocycles. The lowest BCUT2D eigenvalue weighted by atomic mass is 10.3. The van der Waals surface area contributed by atoms with Gasteiger partial charge in [0.25, 0.3) is 0 Å². The fourth-order valence-electron chi connectivity index (χ4n) is 0.685. The van der Waals surface area contributed by atoms with Crippen molar-refractivity contribution < 1.29 is 8.98 Å². The van der Waals surface area contributed by atoms with Crippen molar-refractivity contribution in [3.05, 3.63) is 29.3 Å². The molecule has 1 amide bonds. The largest absolute Gasteiger partial charge is 0.408 e. The second kappa shape index (κ2) is 5.74. The first-order valence-electron chi connectivity index (χ1n) is 3.76. The number of rotatable bonds is 5. The topological polar surface area (TPSA) is 41.6 Å². The third-order valence-electron chi connectivity index (χ3n) is 1.29. The Morgan fingerprint density at radius 3 is 2.71 bits per heavy atom. The van der Waals surface area contributed by atoms with Crippen molar-refractivity contribution >= 4 is 30.2 Å². The standard InChI is InChI=1S/C8H9ClN2O2S/c1-11(10-6-12)14-13-8-4-2-7(9)3-5-8/h2-6H,1H3,(H,10,12). The molecule has 1 aromatic rings. The summed E-state index contributed by atoms with van der Waals surface area (Å²) in [5.74, 6) is 0.666. The predicted molar refractivity (Wildman–Crippen MR) is 56.6 cm³/mol. The first-order valence-corrected chi connectivity index (χ1v) is 4.84. The molecule has 4 nitrogen and oxygen atoms in total. The van der Waals surface area contributed by atoms with Crippen LogP contribution in [0.5, 0.6) is 5.75 Å². The summed E-state index contributed by atoms with van der Waals surface area (Å²) in [4.78, 5) is 10.0. The number of hydrogen-bond donors (Lipinski definition) is 1. The number of halogens is 1. The fraction of sp³-hybridized carbons (Fsp3) is 0.125. The third kappa shape index (κ3) is 3.87. The SMILES string of the molecule is CN(NC=O)SOc1ccc(Cl)cc1. The van der Waals surface area contributed by atoms with Crippen LogP contribution in [0.1, 0.15) is 0 Å². The monoisotopic (exact) mass is 232 g/mol. The molecule has 0 aliphatic carbocycles. The summed E-state index contributed by atoms with van der Waals surface area (Å²) in [5.41, 5.74) is 2.39. The molecule has 0 heterocycles. The Bertz CT molecular complexity index is 294. The number of nitrogens with one attached hydrogen (secondary N) is 1. The van der Waals surface area contributed by atoms with Crippen molar-refractivity contribution in [2.75, 3.05) is 7.05 Å². The van der Waals surface area contributed by atoms with E-state index in [-0.39, 0.29) is 0 Å². The van der Waals surface area contributed by atoms with E-state index < -0.39 is 0 Å². The molecule has 0 saturated carbocycles. The summed E-state index contributed by atoms with van der Waals surface area (Å²) in [6, 6.07) is 6.93. The van der Waals surface area contributed by atoms with E-state index in [0.717, 1.165) is 12.2 Å². The molecule has 0 radical (unpaired) electrons. The van der Waals surface area contributed by atoms with Gasteiger partial charge in [0.1, 0.15) is 5.75 Å². The predicted octanol–water partition coefficient (Wildman–Crippen LogP) is 1.87. The smallest absolute Gasteiger partial charge is 0.222 e. The van der Waals surface area contributed by atoms with Gasteiger partial charge in [0, 0.05) is 12.1 Å². The molecule has 6 heteroatoms. The van der Waals surface area contributed by atoms with Crippen LogP contribution in [-0.4, -0.2) is 17.9 Å². The Kier molecular flexibility index (Phi) is 4.58. The molecule has 76 valence electrons. The molecule has 0 spiro atoms. The molecule has 1 N–H and O–H groups in total. The summed E-state index contributed by atoms with van der Waals surface area (Å²) < 4.78 is 6.67. The number of nitrogens with zero attached hydrogens (tertiary/aromatic N) is 1. The highest BCUT2D eigenvalue weighted by atomic mass is 35.5. The van der Waals surface area contributed by atoms with Gasteiger partial charge in [-0.1, -0.05) is 11.6 Å². The molecule has 0 aromatic heterocycles. The van der Waals surface area contributed by atoms with Gasteiger partial charge in [-0.2, -0.15) is 0 Å². The number of hydrazine groups is 1. The van der Waals surface area contributed by atoms with Crippen molar-refractivity contribution in [1.29, 1.82) is 0 Å². The summed E-state index contributed by atoms with van der Waals surface area (Å²) in [6.45, 7) is 0. The second-order valence-corrected chi connectivity index (χ2v) is 3.66. The van der Waals surface area contributed by atoms with E-state index in [2.05, 4.69) is 5.43 Å². The van der Waals surface area contributed by atoms with Crippen LogP contribution < -0.4 is 9.61 Å². The molecule has 0 fully saturated rings. The van der Waals surface area contributed by atoms with Gasteiger partial charge in [0.05, 0.1) is 0 Å². The quantitative estimate of drug-likeness (QED) is 0.364. The molecular formula is C8H9ClN2O2S. The molecule has 0 aliphatic heterocycles. The Hall–Kier alpha value is -0.910. The van der Waals surface area contributed by atoms with E-state index in [9.17, 15) is 4.79 Å². The number of hydrogen-bond acceptors (Lipinski definition) is 4. The number of carbonyl (C=O) groups is 1. The Morgan fingerprint density at radius 1 is 1.50 bits per heavy atom. The van der Waals surface area contributed by atoms with Crippen molar-refractivity contribution in [2.24, 2.45) is 0 Å². The minimum absolute atomic E-state index is 0.568. The van der Waals surface area contributed by atoms with Crippen molar-refractivity contribution in [3.8, 4) is 5.75 Å². The zero-order valence-electron chi connectivity index (χ0n) is 7.44. The van der Waals surface area contributed by atoms with Gasteiger partial charge in [0.2, 0.25) is 6.41 Å². The van der Waals surface area contributed by atoms with Crippen LogP contribution in [0, 0.1) is 0 Å². The van der Waals surface area contributed by atoms with Gasteiger partial charge in [-0.25, -0.2) is 0 Å². The average molecular weight is 233 g/mol. The summed E-state index contributed by atoms with van der Waals surface area (Å²) in [5, 5.41) is 0.654. The van der Waals surface area contributed by atoms with Gasteiger partial charge in [-0.05, 0) is 24.3 Å². The van der Waals surface area contributed by atoms with E-state index in [0.29, 0.717) is 17.2 Å². The molecule has 0 saturated heterocycles. The lowest BCUT2D eigenvalue weighted by Crippen LogP contribution is -2.27. The second-order valence-electron chi connectivity index (χ2n) is 2.36. The third-order valence-corrected chi connectivity index (χ3v) is 2.14. The molecule has 0 bridgehead atoms. The molecule has 0 atom stereocenters. The molecular weight excluding hydrogens is 224 g/mol. The van der Waals surface area contributed by atoms with Crippen LogP contribution in [0.4, 0.5) is 0 Å². The Labute approximate surface area is 91.5 Å². The molecule has 0 aliphatic rings. The Morgan fingerprint density at radius 2 is 2.14 bits per heavy atom. The molecule has 14 heavy (non-hydrogen) atoms. The normalized spacial score (nSPS) is 9.93. The minimum Gasteiger partial charge on any atom is -0.408 e. The minimum atomic E-state index is 0.568. The highest BCUT2D eigenvalue weighted by molar-refractivity contribution is 7.92. The van der Waals surface area contributed by atoms with Crippen LogP contribution in [0.3, 0.4) is 0 Å². The lowest BCUT2D eigenvalue weighted by molar-refractivity contribution is -0.111. The summed E-state index contributed by atoms with van der Waals surface area (Å²) >= 11 is 6.70. The Balaban J connectivity index is 2.37. The first-order chi connectivity index (χ1) is 6.72. The van der Waals surface area contributed by atoms with E-state index in [1.54, 1.807) is 31.3 Å². The van der Waals surface area contributed by atoms with E-state index in [1.807, 2.05) is 0 Å². The van der Waals surface area contributed by atoms with E-state index in [1.165, 1.54) is 4.41 Å². The van der Waals surface area contributed by atoms with Crippen molar-refractivity contribution in [1.82, 2.24) is 9.84 Å². The van der Waals surface area contributed by atoms with Crippen LogP contribution in [-0.2, 0) is 4.79 Å². The van der Waals surface area contributed by atoms with Gasteiger partial charge >= 0.3 is 0 Å². The average Bonchev–Trinajstić information content (AvgIpc) is 2.17. The highest BCUT2D eigenvalue weighted by Gasteiger charge is 1.99. The maximum atomic E-state index is 10.0. The van der Waals surface area contributed by atoms with Gasteiger partial charge in [0.15, 0.2) is 12.2 Å². The fourth-order valence-corrected chi connectivity index (χ4v) is 1.21. The number of benzene rings is 1. The zero-order chi connectivity index (χ0) is 10.4. The molecule has 1 rings (SSSR count). The maximum Gasteiger partial charge on any atom is 0.222 e. The van der Waals surface area contributed by atoms with Gasteiger partial charge < -0.3 is 4.18 Å². The van der Waals surface area contributed by atoms with Crippen LogP contribution in [0.2, 0.25) is 5.02 Å². The summed E-state index contributed by atoms with van der Waals surface area (Å²) in [6.07, 6.45) is 0.568. The maximum absolute atomic E-state index is 10.0. The van der Waals surface area contributed by atoms with Crippen molar-refractivity contribution in [2.45, 2.75) is 0 Å². The van der Waals surface area contributed by atoms with Crippen LogP contribution >= 0.6 is 23.8 Å². The number of carbonyl (C=O) groups excluding carboxylic acids is 1. The number of amides is 1.